The van der Waals surface area contributed by atoms with Crippen LogP contribution in [0.3, 0.4) is 0 Å². The molecule has 1 saturated heterocycles. The summed E-state index contributed by atoms with van der Waals surface area (Å²) in [4.78, 5) is 2.56. The van der Waals surface area contributed by atoms with Crippen molar-refractivity contribution in [1.82, 2.24) is 10.2 Å². The maximum atomic E-state index is 6.17. The third-order valence-corrected chi connectivity index (χ3v) is 5.60. The van der Waals surface area contributed by atoms with E-state index in [1.54, 1.807) is 7.11 Å². The highest BCUT2D eigenvalue weighted by molar-refractivity contribution is 9.10. The van der Waals surface area contributed by atoms with Gasteiger partial charge in [0.1, 0.15) is 6.61 Å². The third kappa shape index (κ3) is 7.34. The Morgan fingerprint density at radius 2 is 1.93 bits per heavy atom. The Kier molecular flexibility index (Phi) is 12.0. The predicted octanol–water partition coefficient (Wildman–Crippen LogP) is 5.45. The van der Waals surface area contributed by atoms with Crippen LogP contribution in [-0.4, -0.2) is 37.7 Å². The van der Waals surface area contributed by atoms with Gasteiger partial charge in [0.05, 0.1) is 7.11 Å². The van der Waals surface area contributed by atoms with Crippen LogP contribution in [0.1, 0.15) is 30.9 Å². The molecule has 1 heterocycles. The minimum Gasteiger partial charge on any atom is -0.493 e. The molecular formula is C22H31BrCl2N2O2. The molecule has 0 aliphatic carbocycles. The van der Waals surface area contributed by atoms with E-state index in [1.807, 2.05) is 24.3 Å². The van der Waals surface area contributed by atoms with Crippen LogP contribution in [0.5, 0.6) is 11.5 Å². The Labute approximate surface area is 195 Å². The molecule has 1 N–H and O–H groups in total. The zero-order chi connectivity index (χ0) is 19.1. The van der Waals surface area contributed by atoms with Gasteiger partial charge in [-0.3, -0.25) is 4.90 Å². The maximum Gasteiger partial charge on any atom is 0.166 e. The van der Waals surface area contributed by atoms with Crippen LogP contribution in [0.25, 0.3) is 0 Å². The lowest BCUT2D eigenvalue weighted by Gasteiger charge is -2.23. The van der Waals surface area contributed by atoms with Crippen LogP contribution in [0.2, 0.25) is 0 Å². The molecule has 1 unspecified atom stereocenters. The van der Waals surface area contributed by atoms with Crippen molar-refractivity contribution in [3.8, 4) is 11.5 Å². The van der Waals surface area contributed by atoms with Crippen molar-refractivity contribution in [3.63, 3.8) is 0 Å². The molecule has 1 aliphatic heterocycles. The van der Waals surface area contributed by atoms with E-state index in [0.29, 0.717) is 12.6 Å². The fourth-order valence-electron chi connectivity index (χ4n) is 3.72. The van der Waals surface area contributed by atoms with Gasteiger partial charge in [-0.1, -0.05) is 53.2 Å². The van der Waals surface area contributed by atoms with E-state index in [9.17, 15) is 0 Å². The first kappa shape index (κ1) is 26.1. The topological polar surface area (TPSA) is 33.7 Å². The van der Waals surface area contributed by atoms with E-state index in [1.165, 1.54) is 19.4 Å². The Morgan fingerprint density at radius 3 is 2.62 bits per heavy atom. The number of benzene rings is 2. The second kappa shape index (κ2) is 13.3. The molecule has 0 bridgehead atoms. The third-order valence-electron chi connectivity index (χ3n) is 5.14. The normalized spacial score (nSPS) is 16.0. The first-order valence-electron chi connectivity index (χ1n) is 9.69. The standard InChI is InChI=1S/C22H29BrN2O2.2ClH/c1-3-25-11-7-10-20(25)15-24-14-18-12-19(23)13-21(26-2)22(18)27-16-17-8-5-4-6-9-17;;/h4-6,8-9,12-13,20,24H,3,7,10-11,14-16H2,1-2H3;2*1H. The molecule has 29 heavy (non-hydrogen) atoms. The maximum absolute atomic E-state index is 6.17. The van der Waals surface area contributed by atoms with Crippen molar-refractivity contribution in [3.05, 3.63) is 58.1 Å². The number of halogens is 3. The summed E-state index contributed by atoms with van der Waals surface area (Å²) in [5.41, 5.74) is 2.25. The smallest absolute Gasteiger partial charge is 0.166 e. The summed E-state index contributed by atoms with van der Waals surface area (Å²) in [6, 6.07) is 14.9. The quantitative estimate of drug-likeness (QED) is 0.491. The fourth-order valence-corrected chi connectivity index (χ4v) is 4.20. The second-order valence-electron chi connectivity index (χ2n) is 6.93. The summed E-state index contributed by atoms with van der Waals surface area (Å²) in [6.07, 6.45) is 2.58. The van der Waals surface area contributed by atoms with E-state index in [2.05, 4.69) is 51.3 Å². The van der Waals surface area contributed by atoms with Crippen molar-refractivity contribution in [1.29, 1.82) is 0 Å². The van der Waals surface area contributed by atoms with Crippen LogP contribution >= 0.6 is 40.7 Å². The van der Waals surface area contributed by atoms with E-state index in [0.717, 1.165) is 46.7 Å². The summed E-state index contributed by atoms with van der Waals surface area (Å²) in [6.45, 7) is 6.88. The number of ether oxygens (including phenoxy) is 2. The molecule has 7 heteroatoms. The number of nitrogens with one attached hydrogen (secondary N) is 1. The minimum absolute atomic E-state index is 0. The molecule has 2 aromatic rings. The van der Waals surface area contributed by atoms with Crippen molar-refractivity contribution < 1.29 is 9.47 Å². The zero-order valence-corrected chi connectivity index (χ0v) is 20.2. The van der Waals surface area contributed by atoms with Gasteiger partial charge in [-0.2, -0.15) is 0 Å². The average molecular weight is 506 g/mol. The molecule has 0 saturated carbocycles. The summed E-state index contributed by atoms with van der Waals surface area (Å²) < 4.78 is 12.7. The highest BCUT2D eigenvalue weighted by Crippen LogP contribution is 2.35. The van der Waals surface area contributed by atoms with Gasteiger partial charge in [-0.05, 0) is 43.6 Å². The Bertz CT molecular complexity index is 734. The Balaban J connectivity index is 0.00000210. The number of likely N-dealkylation sites (N-methyl/N-ethyl adjacent to an activating group) is 1. The highest BCUT2D eigenvalue weighted by atomic mass is 79.9. The lowest BCUT2D eigenvalue weighted by atomic mass is 10.1. The van der Waals surface area contributed by atoms with Gasteiger partial charge in [0.15, 0.2) is 11.5 Å². The van der Waals surface area contributed by atoms with Gasteiger partial charge in [-0.25, -0.2) is 0 Å². The van der Waals surface area contributed by atoms with Gasteiger partial charge >= 0.3 is 0 Å². The van der Waals surface area contributed by atoms with Gasteiger partial charge in [-0.15, -0.1) is 24.8 Å². The first-order valence-corrected chi connectivity index (χ1v) is 10.5. The molecule has 0 aromatic heterocycles. The molecule has 0 amide bonds. The van der Waals surface area contributed by atoms with Crippen LogP contribution in [0.15, 0.2) is 46.9 Å². The minimum atomic E-state index is 0. The molecule has 3 rings (SSSR count). The average Bonchev–Trinajstić information content (AvgIpc) is 3.15. The number of hydrogen-bond acceptors (Lipinski definition) is 4. The van der Waals surface area contributed by atoms with Crippen LogP contribution < -0.4 is 14.8 Å². The molecular weight excluding hydrogens is 475 g/mol. The number of hydrogen-bond donors (Lipinski definition) is 1. The summed E-state index contributed by atoms with van der Waals surface area (Å²) in [5.74, 6) is 1.57. The first-order chi connectivity index (χ1) is 13.2. The number of methoxy groups -OCH3 is 1. The number of nitrogens with zero attached hydrogens (tertiary/aromatic N) is 1. The number of rotatable bonds is 9. The van der Waals surface area contributed by atoms with Crippen molar-refractivity contribution >= 4 is 40.7 Å². The summed E-state index contributed by atoms with van der Waals surface area (Å²) >= 11 is 3.59. The summed E-state index contributed by atoms with van der Waals surface area (Å²) in [7, 11) is 1.69. The molecule has 162 valence electrons. The monoisotopic (exact) mass is 504 g/mol. The van der Waals surface area contributed by atoms with Crippen LogP contribution in [-0.2, 0) is 13.2 Å². The van der Waals surface area contributed by atoms with E-state index in [4.69, 9.17) is 9.47 Å². The van der Waals surface area contributed by atoms with Gasteiger partial charge in [0.2, 0.25) is 0 Å². The van der Waals surface area contributed by atoms with Crippen LogP contribution in [0.4, 0.5) is 0 Å². The van der Waals surface area contributed by atoms with Crippen molar-refractivity contribution in [2.24, 2.45) is 0 Å². The molecule has 1 aliphatic rings. The molecule has 4 nitrogen and oxygen atoms in total. The van der Waals surface area contributed by atoms with E-state index < -0.39 is 0 Å². The molecule has 0 radical (unpaired) electrons. The summed E-state index contributed by atoms with van der Waals surface area (Å²) in [5, 5.41) is 3.63. The lowest BCUT2D eigenvalue weighted by molar-refractivity contribution is 0.258. The van der Waals surface area contributed by atoms with Crippen molar-refractivity contribution in [2.75, 3.05) is 26.7 Å². The largest absolute Gasteiger partial charge is 0.493 e. The van der Waals surface area contributed by atoms with E-state index in [-0.39, 0.29) is 24.8 Å². The zero-order valence-electron chi connectivity index (χ0n) is 17.0. The highest BCUT2D eigenvalue weighted by Gasteiger charge is 2.22. The van der Waals surface area contributed by atoms with Crippen molar-refractivity contribution in [2.45, 2.75) is 39.0 Å². The molecule has 0 spiro atoms. The lowest BCUT2D eigenvalue weighted by Crippen LogP contribution is -2.37. The van der Waals surface area contributed by atoms with Gasteiger partial charge < -0.3 is 14.8 Å². The molecule has 1 fully saturated rings. The van der Waals surface area contributed by atoms with Gasteiger partial charge in [0.25, 0.3) is 0 Å². The SMILES string of the molecule is CCN1CCCC1CNCc1cc(Br)cc(OC)c1OCc1ccccc1.Cl.Cl. The Hall–Kier alpha value is -0.980. The second-order valence-corrected chi connectivity index (χ2v) is 7.84. The predicted molar refractivity (Wildman–Crippen MR) is 128 cm³/mol. The Morgan fingerprint density at radius 1 is 1.17 bits per heavy atom. The molecule has 2 aromatic carbocycles. The van der Waals surface area contributed by atoms with Gasteiger partial charge in [0, 0.05) is 29.2 Å². The van der Waals surface area contributed by atoms with E-state index >= 15 is 0 Å². The van der Waals surface area contributed by atoms with Crippen LogP contribution in [0, 0.1) is 0 Å². The number of likely N-dealkylation sites (tertiary alicyclic amines) is 1. The fraction of sp³-hybridized carbons (Fsp3) is 0.455. The molecule has 1 atom stereocenters.